The van der Waals surface area contributed by atoms with Gasteiger partial charge in [0.05, 0.1) is 17.6 Å². The SMILES string of the molecule is Cc1cc(N2CCCS(=O)(=O)CC2)c([C@@H](C)O)cc1F. The first-order valence-electron chi connectivity index (χ1n) is 6.73. The molecule has 2 rings (SSSR count). The Bertz CT molecular complexity index is 599. The highest BCUT2D eigenvalue weighted by Gasteiger charge is 2.22. The van der Waals surface area contributed by atoms with Gasteiger partial charge in [0.15, 0.2) is 9.84 Å². The Morgan fingerprint density at radius 1 is 1.30 bits per heavy atom. The zero-order chi connectivity index (χ0) is 14.9. The number of benzene rings is 1. The second-order valence-corrected chi connectivity index (χ2v) is 7.63. The third kappa shape index (κ3) is 3.30. The molecule has 0 bridgehead atoms. The summed E-state index contributed by atoms with van der Waals surface area (Å²) in [4.78, 5) is 1.93. The summed E-state index contributed by atoms with van der Waals surface area (Å²) < 4.78 is 37.0. The van der Waals surface area contributed by atoms with Crippen molar-refractivity contribution < 1.29 is 17.9 Å². The van der Waals surface area contributed by atoms with Gasteiger partial charge in [0.2, 0.25) is 0 Å². The van der Waals surface area contributed by atoms with Crippen LogP contribution in [0.3, 0.4) is 0 Å². The molecule has 1 atom stereocenters. The molecule has 112 valence electrons. The van der Waals surface area contributed by atoms with E-state index in [2.05, 4.69) is 0 Å². The number of sulfone groups is 1. The van der Waals surface area contributed by atoms with Crippen molar-refractivity contribution in [3.05, 3.63) is 29.1 Å². The van der Waals surface area contributed by atoms with Crippen LogP contribution < -0.4 is 4.90 Å². The lowest BCUT2D eigenvalue weighted by atomic mass is 10.0. The molecule has 0 amide bonds. The van der Waals surface area contributed by atoms with Crippen molar-refractivity contribution in [3.8, 4) is 0 Å². The highest BCUT2D eigenvalue weighted by molar-refractivity contribution is 7.91. The van der Waals surface area contributed by atoms with Gasteiger partial charge < -0.3 is 10.0 Å². The standard InChI is InChI=1S/C14H20FNO3S/c1-10-8-14(12(11(2)17)9-13(10)15)16-4-3-6-20(18,19)7-5-16/h8-9,11,17H,3-7H2,1-2H3/t11-/m1/s1. The Kier molecular flexibility index (Phi) is 4.34. The minimum atomic E-state index is -2.99. The number of hydrogen-bond donors (Lipinski definition) is 1. The van der Waals surface area contributed by atoms with Gasteiger partial charge in [-0.3, -0.25) is 0 Å². The molecular formula is C14H20FNO3S. The van der Waals surface area contributed by atoms with Crippen molar-refractivity contribution in [2.24, 2.45) is 0 Å². The molecule has 6 heteroatoms. The second kappa shape index (κ2) is 5.69. The van der Waals surface area contributed by atoms with Crippen LogP contribution in [0.25, 0.3) is 0 Å². The smallest absolute Gasteiger partial charge is 0.152 e. The van der Waals surface area contributed by atoms with Gasteiger partial charge in [-0.1, -0.05) is 0 Å². The molecule has 1 heterocycles. The van der Waals surface area contributed by atoms with Crippen LogP contribution in [0, 0.1) is 12.7 Å². The van der Waals surface area contributed by atoms with Gasteiger partial charge in [0, 0.05) is 24.3 Å². The van der Waals surface area contributed by atoms with Crippen LogP contribution in [0.1, 0.15) is 30.6 Å². The van der Waals surface area contributed by atoms with Gasteiger partial charge in [-0.05, 0) is 38.0 Å². The lowest BCUT2D eigenvalue weighted by Crippen LogP contribution is -2.28. The number of aryl methyl sites for hydroxylation is 1. The molecule has 0 aromatic heterocycles. The van der Waals surface area contributed by atoms with Crippen molar-refractivity contribution in [3.63, 3.8) is 0 Å². The first kappa shape index (κ1) is 15.3. The Balaban J connectivity index is 2.38. The highest BCUT2D eigenvalue weighted by atomic mass is 32.2. The Hall–Kier alpha value is -1.14. The molecule has 1 saturated heterocycles. The predicted octanol–water partition coefficient (Wildman–Crippen LogP) is 1.81. The topological polar surface area (TPSA) is 57.6 Å². The quantitative estimate of drug-likeness (QED) is 0.905. The molecule has 0 unspecified atom stereocenters. The molecule has 1 aliphatic heterocycles. The van der Waals surface area contributed by atoms with Crippen LogP contribution in [-0.4, -0.2) is 38.1 Å². The van der Waals surface area contributed by atoms with E-state index in [1.165, 1.54) is 6.07 Å². The van der Waals surface area contributed by atoms with Crippen molar-refractivity contribution in [2.75, 3.05) is 29.5 Å². The van der Waals surface area contributed by atoms with Crippen molar-refractivity contribution in [1.29, 1.82) is 0 Å². The lowest BCUT2D eigenvalue weighted by Gasteiger charge is -2.26. The summed E-state index contributed by atoms with van der Waals surface area (Å²) in [5.74, 6) is -0.0665. The summed E-state index contributed by atoms with van der Waals surface area (Å²) in [6, 6.07) is 3.03. The fourth-order valence-corrected chi connectivity index (χ4v) is 3.74. The van der Waals surface area contributed by atoms with E-state index in [-0.39, 0.29) is 17.3 Å². The first-order chi connectivity index (χ1) is 9.30. The van der Waals surface area contributed by atoms with E-state index in [9.17, 15) is 17.9 Å². The maximum absolute atomic E-state index is 13.7. The molecule has 0 radical (unpaired) electrons. The van der Waals surface area contributed by atoms with Crippen LogP contribution in [0.2, 0.25) is 0 Å². The molecule has 1 aromatic rings. The maximum Gasteiger partial charge on any atom is 0.152 e. The van der Waals surface area contributed by atoms with Crippen LogP contribution in [-0.2, 0) is 9.84 Å². The molecule has 1 N–H and O–H groups in total. The molecule has 1 fully saturated rings. The van der Waals surface area contributed by atoms with Crippen LogP contribution in [0.15, 0.2) is 12.1 Å². The Labute approximate surface area is 119 Å². The Morgan fingerprint density at radius 3 is 2.65 bits per heavy atom. The maximum atomic E-state index is 13.7. The number of aliphatic hydroxyl groups excluding tert-OH is 1. The van der Waals surface area contributed by atoms with Crippen LogP contribution >= 0.6 is 0 Å². The minimum Gasteiger partial charge on any atom is -0.389 e. The van der Waals surface area contributed by atoms with Crippen molar-refractivity contribution >= 4 is 15.5 Å². The van der Waals surface area contributed by atoms with Crippen molar-refractivity contribution in [2.45, 2.75) is 26.4 Å². The third-order valence-corrected chi connectivity index (χ3v) is 5.37. The van der Waals surface area contributed by atoms with E-state index in [4.69, 9.17) is 0 Å². The number of aliphatic hydroxyl groups is 1. The normalized spacial score (nSPS) is 20.5. The Morgan fingerprint density at radius 2 is 2.00 bits per heavy atom. The van der Waals surface area contributed by atoms with E-state index in [0.717, 1.165) is 5.69 Å². The zero-order valence-electron chi connectivity index (χ0n) is 11.8. The first-order valence-corrected chi connectivity index (χ1v) is 8.56. The molecule has 0 aliphatic carbocycles. The van der Waals surface area contributed by atoms with Crippen molar-refractivity contribution in [1.82, 2.24) is 0 Å². The lowest BCUT2D eigenvalue weighted by molar-refractivity contribution is 0.199. The summed E-state index contributed by atoms with van der Waals surface area (Å²) in [6.07, 6.45) is -0.238. The van der Waals surface area contributed by atoms with E-state index < -0.39 is 15.9 Å². The average Bonchev–Trinajstić information content (AvgIpc) is 2.53. The summed E-state index contributed by atoms with van der Waals surface area (Å²) in [5.41, 5.74) is 1.74. The highest BCUT2D eigenvalue weighted by Crippen LogP contribution is 2.30. The molecule has 0 saturated carbocycles. The fraction of sp³-hybridized carbons (Fsp3) is 0.571. The largest absolute Gasteiger partial charge is 0.389 e. The number of anilines is 1. The van der Waals surface area contributed by atoms with Gasteiger partial charge in [0.25, 0.3) is 0 Å². The monoisotopic (exact) mass is 301 g/mol. The van der Waals surface area contributed by atoms with E-state index in [1.807, 2.05) is 4.90 Å². The predicted molar refractivity (Wildman–Crippen MR) is 77.3 cm³/mol. The van der Waals surface area contributed by atoms with Gasteiger partial charge in [-0.25, -0.2) is 12.8 Å². The number of hydrogen-bond acceptors (Lipinski definition) is 4. The van der Waals surface area contributed by atoms with Gasteiger partial charge in [0.1, 0.15) is 5.82 Å². The van der Waals surface area contributed by atoms with Gasteiger partial charge in [-0.2, -0.15) is 0 Å². The van der Waals surface area contributed by atoms with Gasteiger partial charge in [-0.15, -0.1) is 0 Å². The summed E-state index contributed by atoms with van der Waals surface area (Å²) >= 11 is 0. The van der Waals surface area contributed by atoms with E-state index >= 15 is 0 Å². The molecule has 4 nitrogen and oxygen atoms in total. The number of rotatable bonds is 2. The summed E-state index contributed by atoms with van der Waals surface area (Å²) in [5, 5.41) is 9.81. The van der Waals surface area contributed by atoms with Crippen LogP contribution in [0.5, 0.6) is 0 Å². The minimum absolute atomic E-state index is 0.0999. The van der Waals surface area contributed by atoms with E-state index in [1.54, 1.807) is 19.9 Å². The summed E-state index contributed by atoms with van der Waals surface area (Å²) in [7, 11) is -2.99. The fourth-order valence-electron chi connectivity index (χ4n) is 2.47. The molecular weight excluding hydrogens is 281 g/mol. The summed E-state index contributed by atoms with van der Waals surface area (Å²) in [6.45, 7) is 4.23. The molecule has 1 aliphatic rings. The third-order valence-electron chi connectivity index (χ3n) is 3.65. The zero-order valence-corrected chi connectivity index (χ0v) is 12.6. The molecule has 1 aromatic carbocycles. The van der Waals surface area contributed by atoms with Crippen LogP contribution in [0.4, 0.5) is 10.1 Å². The average molecular weight is 301 g/mol. The van der Waals surface area contributed by atoms with E-state index in [0.29, 0.717) is 30.6 Å². The number of nitrogens with zero attached hydrogens (tertiary/aromatic N) is 1. The number of halogens is 1. The molecule has 20 heavy (non-hydrogen) atoms. The molecule has 0 spiro atoms. The van der Waals surface area contributed by atoms with Gasteiger partial charge >= 0.3 is 0 Å². The second-order valence-electron chi connectivity index (χ2n) is 5.33.